The minimum absolute atomic E-state index is 0.201. The number of ether oxygens (including phenoxy) is 2. The molecule has 216 valence electrons. The monoisotopic (exact) mass is 600 g/mol. The zero-order chi connectivity index (χ0) is 29.4. The quantitative estimate of drug-likeness (QED) is 0.190. The maximum Gasteiger partial charge on any atom is 0.269 e. The van der Waals surface area contributed by atoms with Gasteiger partial charge in [0.1, 0.15) is 0 Å². The highest BCUT2D eigenvalue weighted by molar-refractivity contribution is 7.90. The molecule has 8 nitrogen and oxygen atoms in total. The molecule has 6 rings (SSSR count). The molecule has 0 spiro atoms. The largest absolute Gasteiger partial charge is 0.493 e. The molecule has 0 fully saturated rings. The molecule has 0 aliphatic carbocycles. The van der Waals surface area contributed by atoms with Gasteiger partial charge in [0.2, 0.25) is 0 Å². The fraction of sp³-hybridized carbons (Fsp3) is 0.219. The Kier molecular flexibility index (Phi) is 7.53. The standard InChI is InChI=1S/C32H32N4O4S2/c1-21-7-9-24(10-8-21)42(37,38)36-29(27-20-35(2)28-18-31(40-4)30(39-3)17-26(27)28)16-25-22(11-14-34-32(25)36)19-33-13-12-23-6-5-15-41-23/h5-11,14-18,20,33H,12-13,19H2,1-4H3. The van der Waals surface area contributed by atoms with Crippen molar-refractivity contribution in [3.8, 4) is 22.8 Å². The Morgan fingerprint density at radius 2 is 1.74 bits per heavy atom. The van der Waals surface area contributed by atoms with Gasteiger partial charge in [0.25, 0.3) is 10.0 Å². The van der Waals surface area contributed by atoms with E-state index in [1.165, 1.54) is 8.85 Å². The molecule has 6 aromatic rings. The first-order chi connectivity index (χ1) is 20.3. The van der Waals surface area contributed by atoms with Crippen LogP contribution in [0.4, 0.5) is 0 Å². The molecule has 0 saturated carbocycles. The lowest BCUT2D eigenvalue weighted by atomic mass is 10.1. The summed E-state index contributed by atoms with van der Waals surface area (Å²) in [7, 11) is 1.11. The van der Waals surface area contributed by atoms with Crippen LogP contribution in [0.3, 0.4) is 0 Å². The van der Waals surface area contributed by atoms with Gasteiger partial charge < -0.3 is 19.4 Å². The van der Waals surface area contributed by atoms with Gasteiger partial charge >= 0.3 is 0 Å². The SMILES string of the molecule is COc1cc2c(-c3cc4c(CNCCc5cccs5)ccnc4n3S(=O)(=O)c3ccc(C)cc3)cn(C)c2cc1OC. The topological polar surface area (TPSA) is 87.4 Å². The summed E-state index contributed by atoms with van der Waals surface area (Å²) >= 11 is 1.74. The van der Waals surface area contributed by atoms with Gasteiger partial charge in [0.05, 0.1) is 30.3 Å². The lowest BCUT2D eigenvalue weighted by molar-refractivity contribution is 0.355. The van der Waals surface area contributed by atoms with Gasteiger partial charge in [-0.25, -0.2) is 17.4 Å². The summed E-state index contributed by atoms with van der Waals surface area (Å²) < 4.78 is 43.2. The van der Waals surface area contributed by atoms with Gasteiger partial charge in [-0.1, -0.05) is 23.8 Å². The summed E-state index contributed by atoms with van der Waals surface area (Å²) in [5, 5.41) is 7.23. The second kappa shape index (κ2) is 11.3. The number of aromatic nitrogens is 3. The highest BCUT2D eigenvalue weighted by atomic mass is 32.2. The summed E-state index contributed by atoms with van der Waals surface area (Å²) in [4.78, 5) is 6.14. The maximum absolute atomic E-state index is 14.3. The first-order valence-electron chi connectivity index (χ1n) is 13.6. The van der Waals surface area contributed by atoms with Gasteiger partial charge in [0, 0.05) is 59.8 Å². The van der Waals surface area contributed by atoms with Crippen LogP contribution in [0.2, 0.25) is 0 Å². The average molecular weight is 601 g/mol. The first kappa shape index (κ1) is 28.0. The summed E-state index contributed by atoms with van der Waals surface area (Å²) in [6, 6.07) is 18.8. The van der Waals surface area contributed by atoms with E-state index in [4.69, 9.17) is 9.47 Å². The third-order valence-corrected chi connectivity index (χ3v) is 10.2. The Morgan fingerprint density at radius 1 is 0.976 bits per heavy atom. The minimum Gasteiger partial charge on any atom is -0.493 e. The van der Waals surface area contributed by atoms with Crippen molar-refractivity contribution in [2.24, 2.45) is 7.05 Å². The van der Waals surface area contributed by atoms with Crippen molar-refractivity contribution < 1.29 is 17.9 Å². The van der Waals surface area contributed by atoms with E-state index in [0.29, 0.717) is 29.4 Å². The lowest BCUT2D eigenvalue weighted by Gasteiger charge is -2.12. The van der Waals surface area contributed by atoms with Crippen LogP contribution in [-0.4, -0.2) is 42.7 Å². The normalized spacial score (nSPS) is 11.9. The number of methoxy groups -OCH3 is 2. The molecule has 0 amide bonds. The molecule has 4 aromatic heterocycles. The molecular weight excluding hydrogens is 569 g/mol. The Morgan fingerprint density at radius 3 is 2.45 bits per heavy atom. The van der Waals surface area contributed by atoms with Crippen molar-refractivity contribution in [3.05, 3.63) is 94.4 Å². The summed E-state index contributed by atoms with van der Waals surface area (Å²) in [5.74, 6) is 1.17. The molecule has 0 saturated heterocycles. The van der Waals surface area contributed by atoms with Gasteiger partial charge in [-0.15, -0.1) is 11.3 Å². The van der Waals surface area contributed by atoms with Crippen molar-refractivity contribution in [3.63, 3.8) is 0 Å². The van der Waals surface area contributed by atoms with E-state index in [0.717, 1.165) is 45.9 Å². The number of rotatable bonds is 10. The van der Waals surface area contributed by atoms with Crippen molar-refractivity contribution in [2.75, 3.05) is 20.8 Å². The second-order valence-electron chi connectivity index (χ2n) is 10.2. The summed E-state index contributed by atoms with van der Waals surface area (Å²) in [6.07, 6.45) is 4.56. The van der Waals surface area contributed by atoms with Crippen LogP contribution in [0, 0.1) is 6.92 Å². The van der Waals surface area contributed by atoms with E-state index < -0.39 is 10.0 Å². The van der Waals surface area contributed by atoms with Crippen LogP contribution in [0.1, 0.15) is 16.0 Å². The Bertz CT molecular complexity index is 1990. The number of benzene rings is 2. The van der Waals surface area contributed by atoms with E-state index in [2.05, 4.69) is 27.8 Å². The fourth-order valence-electron chi connectivity index (χ4n) is 5.33. The van der Waals surface area contributed by atoms with Crippen LogP contribution in [0.15, 0.2) is 83.3 Å². The molecule has 42 heavy (non-hydrogen) atoms. The van der Waals surface area contributed by atoms with Gasteiger partial charge in [-0.3, -0.25) is 0 Å². The first-order valence-corrected chi connectivity index (χ1v) is 15.9. The Hall–Kier alpha value is -4.12. The third kappa shape index (κ3) is 4.95. The third-order valence-electron chi connectivity index (χ3n) is 7.53. The molecule has 0 radical (unpaired) electrons. The second-order valence-corrected chi connectivity index (χ2v) is 13.0. The maximum atomic E-state index is 14.3. The number of nitrogens with one attached hydrogen (secondary N) is 1. The molecule has 4 heterocycles. The average Bonchev–Trinajstić information content (AvgIpc) is 3.73. The van der Waals surface area contributed by atoms with Gasteiger partial charge in [0.15, 0.2) is 17.1 Å². The van der Waals surface area contributed by atoms with Crippen molar-refractivity contribution in [1.82, 2.24) is 18.8 Å². The highest BCUT2D eigenvalue weighted by Gasteiger charge is 2.28. The number of hydrogen-bond acceptors (Lipinski definition) is 7. The van der Waals surface area contributed by atoms with E-state index in [1.807, 2.05) is 61.1 Å². The molecule has 0 unspecified atom stereocenters. The molecule has 1 N–H and O–H groups in total. The predicted molar refractivity (Wildman–Crippen MR) is 168 cm³/mol. The fourth-order valence-corrected chi connectivity index (χ4v) is 7.51. The van der Waals surface area contributed by atoms with Crippen molar-refractivity contribution >= 4 is 43.3 Å². The summed E-state index contributed by atoms with van der Waals surface area (Å²) in [5.41, 5.74) is 4.51. The van der Waals surface area contributed by atoms with Crippen LogP contribution in [0.25, 0.3) is 33.2 Å². The van der Waals surface area contributed by atoms with E-state index in [1.54, 1.807) is 43.9 Å². The van der Waals surface area contributed by atoms with Crippen LogP contribution < -0.4 is 14.8 Å². The van der Waals surface area contributed by atoms with Crippen LogP contribution in [-0.2, 0) is 30.0 Å². The molecule has 0 atom stereocenters. The van der Waals surface area contributed by atoms with Gasteiger partial charge in [-0.05, 0) is 60.7 Å². The molecule has 10 heteroatoms. The molecule has 2 aromatic carbocycles. The van der Waals surface area contributed by atoms with E-state index in [-0.39, 0.29) is 4.90 Å². The van der Waals surface area contributed by atoms with Gasteiger partial charge in [-0.2, -0.15) is 0 Å². The predicted octanol–water partition coefficient (Wildman–Crippen LogP) is 6.15. The molecule has 0 aliphatic rings. The number of hydrogen-bond donors (Lipinski definition) is 1. The molecule has 0 bridgehead atoms. The van der Waals surface area contributed by atoms with Crippen molar-refractivity contribution in [2.45, 2.75) is 24.8 Å². The summed E-state index contributed by atoms with van der Waals surface area (Å²) in [6.45, 7) is 3.33. The Labute approximate surface area is 249 Å². The zero-order valence-corrected chi connectivity index (χ0v) is 25.6. The lowest BCUT2D eigenvalue weighted by Crippen LogP contribution is -2.17. The van der Waals surface area contributed by atoms with E-state index >= 15 is 0 Å². The van der Waals surface area contributed by atoms with Crippen LogP contribution >= 0.6 is 11.3 Å². The minimum atomic E-state index is -4.01. The highest BCUT2D eigenvalue weighted by Crippen LogP contribution is 2.41. The van der Waals surface area contributed by atoms with E-state index in [9.17, 15) is 8.42 Å². The van der Waals surface area contributed by atoms with Crippen molar-refractivity contribution in [1.29, 1.82) is 0 Å². The van der Waals surface area contributed by atoms with Crippen LogP contribution in [0.5, 0.6) is 11.5 Å². The number of fused-ring (bicyclic) bond motifs is 2. The number of aryl methyl sites for hydroxylation is 2. The molecular formula is C32H32N4O4S2. The number of pyridine rings is 1. The zero-order valence-electron chi connectivity index (χ0n) is 23.9. The Balaban J connectivity index is 1.53. The number of thiophene rings is 1. The molecule has 0 aliphatic heterocycles. The number of nitrogens with zero attached hydrogens (tertiary/aromatic N) is 3. The smallest absolute Gasteiger partial charge is 0.269 e.